The highest BCUT2D eigenvalue weighted by Crippen LogP contribution is 2.46. The van der Waals surface area contributed by atoms with E-state index in [9.17, 15) is 19.8 Å². The first-order valence-electron chi connectivity index (χ1n) is 10.2. The minimum atomic E-state index is -4.94. The molecule has 32 heavy (non-hydrogen) atoms. The van der Waals surface area contributed by atoms with Crippen LogP contribution in [0.2, 0.25) is 0 Å². The number of aliphatic carboxylic acids is 2. The van der Waals surface area contributed by atoms with Crippen LogP contribution in [-0.2, 0) is 16.0 Å². The first-order chi connectivity index (χ1) is 14.9. The predicted molar refractivity (Wildman–Crippen MR) is 101 cm³/mol. The number of rotatable bonds is 4. The van der Waals surface area contributed by atoms with E-state index >= 15 is 0 Å². The first kappa shape index (κ1) is 24.1. The van der Waals surface area contributed by atoms with Gasteiger partial charge in [-0.1, -0.05) is 32.0 Å². The van der Waals surface area contributed by atoms with Gasteiger partial charge in [-0.05, 0) is 24.5 Å². The number of aromatic nitrogens is 1. The molecule has 174 valence electrons. The molecule has 0 amide bonds. The van der Waals surface area contributed by atoms with Gasteiger partial charge in [0.2, 0.25) is 5.71 Å². The van der Waals surface area contributed by atoms with Gasteiger partial charge in [-0.2, -0.15) is 0 Å². The van der Waals surface area contributed by atoms with Crippen LogP contribution in [-0.4, -0.2) is 50.0 Å². The molecule has 2 aliphatic rings. The van der Waals surface area contributed by atoms with Crippen LogP contribution in [0, 0.1) is 21.6 Å². The monoisotopic (exact) mass is 468 g/mol. The third-order valence-corrected chi connectivity index (χ3v) is 6.72. The average molecular weight is 469 g/mol. The lowest BCUT2D eigenvalue weighted by Crippen LogP contribution is -2.68. The van der Waals surface area contributed by atoms with Gasteiger partial charge in [-0.25, -0.2) is 28.0 Å². The highest BCUT2D eigenvalue weighted by molar-refractivity contribution is 6.08. The number of para-hydroxylation sites is 1. The van der Waals surface area contributed by atoms with E-state index in [1.54, 1.807) is 6.92 Å². The number of aromatic amines is 1. The normalized spacial score (nSPS) is 23.6. The molecule has 0 saturated carbocycles. The molecular formula is C21H25ClN2O8. The summed E-state index contributed by atoms with van der Waals surface area (Å²) in [5, 5.41) is 20.8. The van der Waals surface area contributed by atoms with Gasteiger partial charge in [0.1, 0.15) is 12.2 Å². The van der Waals surface area contributed by atoms with Crippen molar-refractivity contribution >= 4 is 28.6 Å². The molecule has 1 aromatic carbocycles. The number of nitrogens with zero attached hydrogens (tertiary/aromatic N) is 1. The van der Waals surface area contributed by atoms with Crippen LogP contribution < -0.4 is 18.6 Å². The van der Waals surface area contributed by atoms with Crippen molar-refractivity contribution in [3.05, 3.63) is 35.5 Å². The van der Waals surface area contributed by atoms with E-state index in [-0.39, 0.29) is 0 Å². The van der Waals surface area contributed by atoms with Crippen molar-refractivity contribution in [2.24, 2.45) is 11.3 Å². The fourth-order valence-electron chi connectivity index (χ4n) is 5.23. The zero-order valence-corrected chi connectivity index (χ0v) is 18.4. The molecule has 0 saturated heterocycles. The van der Waals surface area contributed by atoms with Crippen LogP contribution in [0.3, 0.4) is 0 Å². The van der Waals surface area contributed by atoms with Gasteiger partial charge >= 0.3 is 11.9 Å². The van der Waals surface area contributed by atoms with Gasteiger partial charge in [0.15, 0.2) is 0 Å². The van der Waals surface area contributed by atoms with Crippen LogP contribution in [0.5, 0.6) is 0 Å². The smallest absolute Gasteiger partial charge is 0.373 e. The largest absolute Gasteiger partial charge is 0.481 e. The molecule has 2 aliphatic heterocycles. The Morgan fingerprint density at radius 1 is 1.25 bits per heavy atom. The molecule has 10 nitrogen and oxygen atoms in total. The summed E-state index contributed by atoms with van der Waals surface area (Å²) in [5.74, 6) is -2.27. The summed E-state index contributed by atoms with van der Waals surface area (Å²) in [7, 11) is -4.94. The van der Waals surface area contributed by atoms with Gasteiger partial charge in [0.25, 0.3) is 6.04 Å². The van der Waals surface area contributed by atoms with E-state index in [1.165, 1.54) is 0 Å². The number of carboxylic acids is 2. The highest BCUT2D eigenvalue weighted by atomic mass is 35.7. The lowest BCUT2D eigenvalue weighted by Gasteiger charge is -2.40. The van der Waals surface area contributed by atoms with E-state index in [0.29, 0.717) is 19.4 Å². The molecule has 0 bridgehead atoms. The third kappa shape index (κ3) is 4.37. The number of hydrogen-bond donors (Lipinski definition) is 3. The van der Waals surface area contributed by atoms with E-state index in [2.05, 4.69) is 4.98 Å². The zero-order chi connectivity index (χ0) is 23.8. The maximum Gasteiger partial charge on any atom is 0.373 e. The Bertz CT molecular complexity index is 1070. The van der Waals surface area contributed by atoms with Crippen LogP contribution in [0.25, 0.3) is 10.9 Å². The molecule has 0 fully saturated rings. The van der Waals surface area contributed by atoms with Crippen LogP contribution in [0.15, 0.2) is 24.3 Å². The summed E-state index contributed by atoms with van der Waals surface area (Å²) >= 11 is 0. The number of carboxylic acid groups (broad SMARTS) is 2. The number of carbonyl (C=O) groups is 2. The number of nitrogens with one attached hydrogen (secondary N) is 1. The standard InChI is InChI=1S/C21H24N2O4.ClHO4/c1-3-21(12(2)19(24)25)9-6-10-23-16(20(26)27)11-14-13-7-4-5-8-15(13)22-17(14)18(21)23;2-1(3,4)5/h4-5,7-8,12,16H,3,6,9-11H2,1-2H3,(H2,24,25,26,27);(H,2,3,4,5)/t12?,16?,21-;/m0./s1. The number of H-pyrrole nitrogens is 1. The number of benzene rings is 1. The number of hydrogen-bond acceptors (Lipinski definition) is 6. The Balaban J connectivity index is 0.000000523. The average Bonchev–Trinajstić information content (AvgIpc) is 3.09. The van der Waals surface area contributed by atoms with Crippen LogP contribution >= 0.6 is 0 Å². The molecule has 0 radical (unpaired) electrons. The second-order valence-electron chi connectivity index (χ2n) is 8.18. The summed E-state index contributed by atoms with van der Waals surface area (Å²) in [6.07, 6.45) is 2.64. The van der Waals surface area contributed by atoms with Crippen molar-refractivity contribution in [1.82, 2.24) is 4.98 Å². The molecule has 3 N–H and O–H groups in total. The minimum Gasteiger partial charge on any atom is -0.481 e. The van der Waals surface area contributed by atoms with Gasteiger partial charge in [0.05, 0.1) is 11.3 Å². The second-order valence-corrected chi connectivity index (χ2v) is 8.93. The van der Waals surface area contributed by atoms with E-state index in [1.807, 2.05) is 35.8 Å². The first-order valence-corrected chi connectivity index (χ1v) is 11.5. The van der Waals surface area contributed by atoms with E-state index < -0.39 is 39.6 Å². The van der Waals surface area contributed by atoms with E-state index in [4.69, 9.17) is 18.6 Å². The van der Waals surface area contributed by atoms with Crippen molar-refractivity contribution in [1.29, 1.82) is 0 Å². The Morgan fingerprint density at radius 3 is 2.44 bits per heavy atom. The predicted octanol–water partition coefficient (Wildman–Crippen LogP) is -1.87. The molecule has 2 unspecified atom stereocenters. The Hall–Kier alpha value is -2.50. The molecular weight excluding hydrogens is 444 g/mol. The highest BCUT2D eigenvalue weighted by Gasteiger charge is 2.55. The van der Waals surface area contributed by atoms with Crippen molar-refractivity contribution in [2.45, 2.75) is 45.6 Å². The van der Waals surface area contributed by atoms with Crippen molar-refractivity contribution in [2.75, 3.05) is 6.54 Å². The molecule has 1 aromatic heterocycles. The number of halogens is 1. The van der Waals surface area contributed by atoms with Gasteiger partial charge in [-0.3, -0.25) is 4.79 Å². The molecule has 0 spiro atoms. The SMILES string of the molecule is CC[C@@]1(C(C)C(=O)O)CCC[N+]2=C1c1[nH]c3ccccc3c1CC2C(=O)O.[O-][Cl+3]([O-])([O-])[O-]. The topological polar surface area (TPSA) is 186 Å². The van der Waals surface area contributed by atoms with Crippen molar-refractivity contribution in [3.63, 3.8) is 0 Å². The van der Waals surface area contributed by atoms with E-state index in [0.717, 1.165) is 40.7 Å². The fourth-order valence-corrected chi connectivity index (χ4v) is 5.23. The summed E-state index contributed by atoms with van der Waals surface area (Å²) in [6, 6.07) is 7.26. The molecule has 4 rings (SSSR count). The Morgan fingerprint density at radius 2 is 1.88 bits per heavy atom. The fraction of sp³-hybridized carbons (Fsp3) is 0.476. The summed E-state index contributed by atoms with van der Waals surface area (Å²) in [5.41, 5.74) is 3.22. The zero-order valence-electron chi connectivity index (χ0n) is 17.7. The minimum absolute atomic E-state index is 0.430. The van der Waals surface area contributed by atoms with Gasteiger partial charge < -0.3 is 15.2 Å². The summed E-state index contributed by atoms with van der Waals surface area (Å²) < 4.78 is 35.9. The Labute approximate surface area is 186 Å². The van der Waals surface area contributed by atoms with Crippen LogP contribution in [0.4, 0.5) is 0 Å². The molecule has 0 aliphatic carbocycles. The third-order valence-electron chi connectivity index (χ3n) is 6.72. The summed E-state index contributed by atoms with van der Waals surface area (Å²) in [6.45, 7) is 4.42. The molecule has 3 atom stereocenters. The maximum atomic E-state index is 12.1. The van der Waals surface area contributed by atoms with Gasteiger partial charge in [0, 0.05) is 23.7 Å². The van der Waals surface area contributed by atoms with Crippen molar-refractivity contribution < 1.29 is 53.3 Å². The summed E-state index contributed by atoms with van der Waals surface area (Å²) in [4.78, 5) is 27.6. The van der Waals surface area contributed by atoms with Crippen LogP contribution in [0.1, 0.15) is 44.4 Å². The maximum absolute atomic E-state index is 12.1. The lowest BCUT2D eigenvalue weighted by atomic mass is 9.63. The number of fused-ring (bicyclic) bond motifs is 4. The van der Waals surface area contributed by atoms with Crippen molar-refractivity contribution in [3.8, 4) is 0 Å². The Kier molecular flexibility index (Phi) is 6.64. The second kappa shape index (κ2) is 8.80. The molecule has 3 heterocycles. The lowest BCUT2D eigenvalue weighted by molar-refractivity contribution is -2.00. The molecule has 11 heteroatoms. The molecule has 2 aromatic rings. The quantitative estimate of drug-likeness (QED) is 0.435. The van der Waals surface area contributed by atoms with Gasteiger partial charge in [-0.15, -0.1) is 10.2 Å².